The zero-order valence-corrected chi connectivity index (χ0v) is 8.43. The highest BCUT2D eigenvalue weighted by molar-refractivity contribution is 7.98. The Bertz CT molecular complexity index is 454. The Kier molecular flexibility index (Phi) is 2.13. The number of fused-ring (bicyclic) bond motifs is 1. The van der Waals surface area contributed by atoms with Crippen molar-refractivity contribution < 1.29 is 9.32 Å². The van der Waals surface area contributed by atoms with Gasteiger partial charge in [-0.25, -0.2) is 8.93 Å². The monoisotopic (exact) mass is 212 g/mol. The van der Waals surface area contributed by atoms with Crippen molar-refractivity contribution in [1.82, 2.24) is 4.72 Å². The zero-order chi connectivity index (χ0) is 10.2. The van der Waals surface area contributed by atoms with Gasteiger partial charge in [-0.15, -0.1) is 0 Å². The summed E-state index contributed by atoms with van der Waals surface area (Å²) in [5, 5.41) is 12.4. The summed E-state index contributed by atoms with van der Waals surface area (Å²) in [6, 6.07) is 4.76. The maximum atomic E-state index is 12.0. The van der Waals surface area contributed by atoms with Gasteiger partial charge >= 0.3 is 0 Å². The first-order chi connectivity index (χ1) is 6.59. The van der Waals surface area contributed by atoms with E-state index in [1.54, 1.807) is 12.1 Å². The highest BCUT2D eigenvalue weighted by atomic mass is 32.2. The Morgan fingerprint density at radius 2 is 2.21 bits per heavy atom. The molecule has 1 unspecified atom stereocenters. The van der Waals surface area contributed by atoms with Crippen LogP contribution < -0.4 is 10.0 Å². The van der Waals surface area contributed by atoms with Crippen LogP contribution in [-0.4, -0.2) is 28.3 Å². The van der Waals surface area contributed by atoms with Crippen LogP contribution in [0.4, 0.5) is 5.69 Å². The molecule has 0 fully saturated rings. The second-order valence-electron chi connectivity index (χ2n) is 3.18. The topological polar surface area (TPSA) is 61.4 Å². The van der Waals surface area contributed by atoms with Gasteiger partial charge in [0.1, 0.15) is 5.75 Å². The molecule has 1 aromatic rings. The fourth-order valence-electron chi connectivity index (χ4n) is 1.42. The van der Waals surface area contributed by atoms with Gasteiger partial charge in [0.2, 0.25) is 0 Å². The van der Waals surface area contributed by atoms with Crippen LogP contribution in [0.5, 0.6) is 5.75 Å². The summed E-state index contributed by atoms with van der Waals surface area (Å²) in [4.78, 5) is 0.537. The SMILES string of the molecule is C=S1(=O)NCCNc2ccc(O)cc21. The van der Waals surface area contributed by atoms with Gasteiger partial charge < -0.3 is 10.4 Å². The average molecular weight is 212 g/mol. The molecule has 0 saturated carbocycles. The fourth-order valence-corrected chi connectivity index (χ4v) is 2.81. The second kappa shape index (κ2) is 3.18. The number of rotatable bonds is 0. The summed E-state index contributed by atoms with van der Waals surface area (Å²) in [6.45, 7) is 1.29. The number of phenols is 1. The predicted molar refractivity (Wildman–Crippen MR) is 58.1 cm³/mol. The summed E-state index contributed by atoms with van der Waals surface area (Å²) in [5.74, 6) is 3.74. The van der Waals surface area contributed by atoms with E-state index in [4.69, 9.17) is 0 Å². The van der Waals surface area contributed by atoms with Crippen LogP contribution in [0, 0.1) is 0 Å². The molecule has 0 spiro atoms. The van der Waals surface area contributed by atoms with Gasteiger partial charge in [-0.05, 0) is 24.1 Å². The van der Waals surface area contributed by atoms with Gasteiger partial charge in [-0.2, -0.15) is 0 Å². The van der Waals surface area contributed by atoms with Gasteiger partial charge in [0.15, 0.2) is 0 Å². The Morgan fingerprint density at radius 1 is 1.43 bits per heavy atom. The second-order valence-corrected chi connectivity index (χ2v) is 5.26. The molecule has 1 atom stereocenters. The molecule has 14 heavy (non-hydrogen) atoms. The molecule has 0 amide bonds. The van der Waals surface area contributed by atoms with E-state index in [0.717, 1.165) is 5.69 Å². The first kappa shape index (κ1) is 9.36. The molecule has 76 valence electrons. The number of nitrogens with one attached hydrogen (secondary N) is 2. The molecule has 0 bridgehead atoms. The van der Waals surface area contributed by atoms with E-state index in [1.165, 1.54) is 6.07 Å². The fraction of sp³-hybridized carbons (Fsp3) is 0.222. The van der Waals surface area contributed by atoms with E-state index in [9.17, 15) is 9.32 Å². The molecule has 4 nitrogen and oxygen atoms in total. The van der Waals surface area contributed by atoms with Crippen molar-refractivity contribution in [2.24, 2.45) is 0 Å². The van der Waals surface area contributed by atoms with Crippen molar-refractivity contribution >= 4 is 21.3 Å². The maximum Gasteiger partial charge on any atom is 0.116 e. The Labute approximate surface area is 83.1 Å². The van der Waals surface area contributed by atoms with E-state index < -0.39 is 9.71 Å². The minimum absolute atomic E-state index is 0.102. The molecule has 1 aliphatic heterocycles. The molecule has 3 N–H and O–H groups in total. The Morgan fingerprint density at radius 3 is 3.00 bits per heavy atom. The van der Waals surface area contributed by atoms with Crippen molar-refractivity contribution in [2.45, 2.75) is 4.90 Å². The number of aromatic hydroxyl groups is 1. The molecule has 1 aliphatic rings. The van der Waals surface area contributed by atoms with Crippen molar-refractivity contribution in [3.8, 4) is 5.75 Å². The minimum atomic E-state index is -2.47. The largest absolute Gasteiger partial charge is 0.508 e. The standard InChI is InChI=1S/C9H12N2O2S/c1-14(13)9-6-7(12)2-3-8(9)10-4-5-11-14/h2-3,6,10,12H,1,4-5H2,(H,11,13). The predicted octanol–water partition coefficient (Wildman–Crippen LogP) is 0.398. The van der Waals surface area contributed by atoms with Crippen LogP contribution in [-0.2, 0) is 9.71 Å². The molecule has 1 heterocycles. The number of phenolic OH excluding ortho intramolecular Hbond substituents is 1. The number of anilines is 1. The lowest BCUT2D eigenvalue weighted by molar-refractivity contribution is 0.473. The lowest BCUT2D eigenvalue weighted by atomic mass is 10.3. The molecule has 0 saturated heterocycles. The molecule has 0 radical (unpaired) electrons. The maximum absolute atomic E-state index is 12.0. The van der Waals surface area contributed by atoms with Crippen LogP contribution in [0.25, 0.3) is 0 Å². The third-order valence-electron chi connectivity index (χ3n) is 2.10. The molecule has 5 heteroatoms. The normalized spacial score (nSPS) is 26.0. The van der Waals surface area contributed by atoms with E-state index in [1.807, 2.05) is 0 Å². The van der Waals surface area contributed by atoms with Gasteiger partial charge in [0, 0.05) is 13.1 Å². The summed E-state index contributed by atoms with van der Waals surface area (Å²) in [6.07, 6.45) is 0. The molecular formula is C9H12N2O2S. The molecule has 1 aromatic carbocycles. The van der Waals surface area contributed by atoms with E-state index in [2.05, 4.69) is 15.9 Å². The highest BCUT2D eigenvalue weighted by Crippen LogP contribution is 2.26. The number of benzene rings is 1. The number of hydrogen-bond donors (Lipinski definition) is 3. The summed E-state index contributed by atoms with van der Waals surface area (Å²) >= 11 is 0. The van der Waals surface area contributed by atoms with Crippen LogP contribution in [0.3, 0.4) is 0 Å². The third-order valence-corrected chi connectivity index (χ3v) is 3.81. The first-order valence-electron chi connectivity index (χ1n) is 4.28. The average Bonchev–Trinajstić information content (AvgIpc) is 2.26. The van der Waals surface area contributed by atoms with Crippen LogP contribution >= 0.6 is 0 Å². The summed E-state index contributed by atoms with van der Waals surface area (Å²) in [7, 11) is -2.47. The van der Waals surface area contributed by atoms with E-state index >= 15 is 0 Å². The van der Waals surface area contributed by atoms with Crippen molar-refractivity contribution in [1.29, 1.82) is 0 Å². The van der Waals surface area contributed by atoms with Crippen LogP contribution in [0.15, 0.2) is 23.1 Å². The Hall–Kier alpha value is -1.20. The van der Waals surface area contributed by atoms with E-state index in [0.29, 0.717) is 18.0 Å². The quantitative estimate of drug-likeness (QED) is 0.431. The lowest BCUT2D eigenvalue weighted by Gasteiger charge is -2.10. The van der Waals surface area contributed by atoms with Gasteiger partial charge in [-0.1, -0.05) is 0 Å². The summed E-state index contributed by atoms with van der Waals surface area (Å²) in [5.41, 5.74) is 0.771. The first-order valence-corrected chi connectivity index (χ1v) is 6.01. The molecule has 0 aliphatic carbocycles. The molecule has 0 aromatic heterocycles. The van der Waals surface area contributed by atoms with Crippen molar-refractivity contribution in [2.75, 3.05) is 18.4 Å². The Balaban J connectivity index is 2.64. The zero-order valence-electron chi connectivity index (χ0n) is 7.62. The summed E-state index contributed by atoms with van der Waals surface area (Å²) < 4.78 is 14.9. The van der Waals surface area contributed by atoms with Crippen LogP contribution in [0.2, 0.25) is 0 Å². The van der Waals surface area contributed by atoms with Gasteiger partial charge in [0.05, 0.1) is 20.3 Å². The smallest absolute Gasteiger partial charge is 0.116 e. The minimum Gasteiger partial charge on any atom is -0.508 e. The van der Waals surface area contributed by atoms with Gasteiger partial charge in [0.25, 0.3) is 0 Å². The molecular weight excluding hydrogens is 200 g/mol. The van der Waals surface area contributed by atoms with Crippen molar-refractivity contribution in [3.63, 3.8) is 0 Å². The third kappa shape index (κ3) is 1.56. The number of hydrogen-bond acceptors (Lipinski definition) is 3. The van der Waals surface area contributed by atoms with Crippen LogP contribution in [0.1, 0.15) is 0 Å². The molecule has 2 rings (SSSR count). The lowest BCUT2D eigenvalue weighted by Crippen LogP contribution is -2.24. The highest BCUT2D eigenvalue weighted by Gasteiger charge is 2.16. The van der Waals surface area contributed by atoms with Crippen molar-refractivity contribution in [3.05, 3.63) is 18.2 Å². The van der Waals surface area contributed by atoms with Gasteiger partial charge in [-0.3, -0.25) is 0 Å². The van der Waals surface area contributed by atoms with E-state index in [-0.39, 0.29) is 5.75 Å².